The molecule has 0 N–H and O–H groups in total. The molecule has 0 saturated heterocycles. The third-order valence-electron chi connectivity index (χ3n) is 3.38. The van der Waals surface area contributed by atoms with Gasteiger partial charge in [-0.15, -0.1) is 11.6 Å². The molecule has 3 heteroatoms. The number of hydrogen-bond donors (Lipinski definition) is 0. The molecule has 0 unspecified atom stereocenters. The Balaban J connectivity index is 2.00. The van der Waals surface area contributed by atoms with Crippen LogP contribution in [0.5, 0.6) is 0 Å². The largest absolute Gasteiger partial charge is 0.341 e. The maximum atomic E-state index is 6.22. The van der Waals surface area contributed by atoms with Gasteiger partial charge in [-0.3, -0.25) is 0 Å². The molecule has 0 spiro atoms. The van der Waals surface area contributed by atoms with Crippen molar-refractivity contribution in [2.45, 2.75) is 12.3 Å². The average Bonchev–Trinajstić information content (AvgIpc) is 2.82. The molecule has 1 nitrogen and oxygen atoms in total. The highest BCUT2D eigenvalue weighted by molar-refractivity contribution is 6.32. The maximum absolute atomic E-state index is 6.22. The molecule has 0 amide bonds. The highest BCUT2D eigenvalue weighted by Gasteiger charge is 2.20. The molecule has 2 aromatic carbocycles. The van der Waals surface area contributed by atoms with Crippen LogP contribution in [-0.4, -0.2) is 6.54 Å². The van der Waals surface area contributed by atoms with E-state index in [1.165, 1.54) is 11.3 Å². The van der Waals surface area contributed by atoms with E-state index < -0.39 is 0 Å². The first-order valence-electron chi connectivity index (χ1n) is 5.99. The van der Waals surface area contributed by atoms with Crippen LogP contribution < -0.4 is 4.90 Å². The summed E-state index contributed by atoms with van der Waals surface area (Å²) in [6, 6.07) is 14.6. The Kier molecular flexibility index (Phi) is 3.19. The molecule has 2 aromatic rings. The number of alkyl halides is 1. The normalized spacial score (nSPS) is 13.8. The quantitative estimate of drug-likeness (QED) is 0.715. The average molecular weight is 278 g/mol. The van der Waals surface area contributed by atoms with Gasteiger partial charge in [-0.25, -0.2) is 0 Å². The summed E-state index contributed by atoms with van der Waals surface area (Å²) in [6.07, 6.45) is 1.09. The van der Waals surface area contributed by atoms with Crippen molar-refractivity contribution in [3.05, 3.63) is 58.6 Å². The van der Waals surface area contributed by atoms with Gasteiger partial charge in [0, 0.05) is 28.8 Å². The van der Waals surface area contributed by atoms with Gasteiger partial charge >= 0.3 is 0 Å². The summed E-state index contributed by atoms with van der Waals surface area (Å²) >= 11 is 12.1. The van der Waals surface area contributed by atoms with E-state index in [-0.39, 0.29) is 0 Å². The van der Waals surface area contributed by atoms with Crippen LogP contribution in [0.1, 0.15) is 11.1 Å². The molecule has 1 aliphatic rings. The lowest BCUT2D eigenvalue weighted by Gasteiger charge is -2.20. The van der Waals surface area contributed by atoms with E-state index >= 15 is 0 Å². The molecule has 0 atom stereocenters. The Morgan fingerprint density at radius 2 is 1.94 bits per heavy atom. The summed E-state index contributed by atoms with van der Waals surface area (Å²) < 4.78 is 0. The summed E-state index contributed by atoms with van der Waals surface area (Å²) in [4.78, 5) is 2.30. The van der Waals surface area contributed by atoms with Gasteiger partial charge in [0.2, 0.25) is 0 Å². The van der Waals surface area contributed by atoms with Gasteiger partial charge in [0.15, 0.2) is 0 Å². The smallest absolute Gasteiger partial charge is 0.0488 e. The first kappa shape index (κ1) is 11.9. The Morgan fingerprint density at radius 3 is 2.72 bits per heavy atom. The molecule has 0 saturated carbocycles. The van der Waals surface area contributed by atoms with Crippen molar-refractivity contribution in [2.24, 2.45) is 0 Å². The Labute approximate surface area is 117 Å². The van der Waals surface area contributed by atoms with Gasteiger partial charge in [-0.2, -0.15) is 0 Å². The van der Waals surface area contributed by atoms with E-state index in [2.05, 4.69) is 35.2 Å². The Morgan fingerprint density at radius 1 is 1.11 bits per heavy atom. The van der Waals surface area contributed by atoms with Crippen LogP contribution in [-0.2, 0) is 12.3 Å². The molecule has 0 aromatic heterocycles. The molecule has 1 aliphatic heterocycles. The number of nitrogens with zero attached hydrogens (tertiary/aromatic N) is 1. The van der Waals surface area contributed by atoms with E-state index in [1.54, 1.807) is 0 Å². The third-order valence-corrected chi connectivity index (χ3v) is 4.02. The number of fused-ring (bicyclic) bond motifs is 1. The Hall–Kier alpha value is -1.18. The molecular formula is C15H13Cl2N. The topological polar surface area (TPSA) is 3.24 Å². The fourth-order valence-electron chi connectivity index (χ4n) is 2.42. The SMILES string of the molecule is ClCc1ccc(N2CCc3ccccc32)cc1Cl. The minimum absolute atomic E-state index is 0.454. The molecule has 0 aliphatic carbocycles. The lowest BCUT2D eigenvalue weighted by atomic mass is 10.1. The van der Waals surface area contributed by atoms with Crippen LogP contribution in [0.15, 0.2) is 42.5 Å². The summed E-state index contributed by atoms with van der Waals surface area (Å²) in [7, 11) is 0. The fourth-order valence-corrected chi connectivity index (χ4v) is 2.96. The van der Waals surface area contributed by atoms with Gasteiger partial charge < -0.3 is 4.90 Å². The highest BCUT2D eigenvalue weighted by Crippen LogP contribution is 2.36. The first-order chi connectivity index (χ1) is 8.79. The van der Waals surface area contributed by atoms with Gasteiger partial charge in [0.25, 0.3) is 0 Å². The van der Waals surface area contributed by atoms with E-state index in [0.29, 0.717) is 5.88 Å². The number of benzene rings is 2. The van der Waals surface area contributed by atoms with Crippen molar-refractivity contribution in [2.75, 3.05) is 11.4 Å². The molecule has 0 bridgehead atoms. The maximum Gasteiger partial charge on any atom is 0.0488 e. The zero-order valence-electron chi connectivity index (χ0n) is 9.87. The van der Waals surface area contributed by atoms with Crippen LogP contribution in [0.4, 0.5) is 11.4 Å². The second-order valence-electron chi connectivity index (χ2n) is 4.44. The molecule has 3 rings (SSSR count). The zero-order chi connectivity index (χ0) is 12.5. The van der Waals surface area contributed by atoms with E-state index in [0.717, 1.165) is 29.2 Å². The van der Waals surface area contributed by atoms with Crippen molar-refractivity contribution in [3.8, 4) is 0 Å². The van der Waals surface area contributed by atoms with E-state index in [1.807, 2.05) is 12.1 Å². The molecule has 0 fully saturated rings. The van der Waals surface area contributed by atoms with Gasteiger partial charge in [0.05, 0.1) is 0 Å². The molecule has 1 heterocycles. The predicted octanol–water partition coefficient (Wildman–Crippen LogP) is 4.77. The number of rotatable bonds is 2. The van der Waals surface area contributed by atoms with Crippen molar-refractivity contribution >= 4 is 34.6 Å². The minimum Gasteiger partial charge on any atom is -0.341 e. The van der Waals surface area contributed by atoms with Crippen molar-refractivity contribution in [3.63, 3.8) is 0 Å². The Bertz CT molecular complexity index is 580. The van der Waals surface area contributed by atoms with Crippen LogP contribution in [0.2, 0.25) is 5.02 Å². The van der Waals surface area contributed by atoms with Gasteiger partial charge in [0.1, 0.15) is 0 Å². The summed E-state index contributed by atoms with van der Waals surface area (Å²) in [5.74, 6) is 0.454. The standard InChI is InChI=1S/C15H13Cl2N/c16-10-12-5-6-13(9-14(12)17)18-8-7-11-3-1-2-4-15(11)18/h1-6,9H,7-8,10H2. The summed E-state index contributed by atoms with van der Waals surface area (Å²) in [5, 5.41) is 0.742. The first-order valence-corrected chi connectivity index (χ1v) is 6.90. The third kappa shape index (κ3) is 1.98. The molecular weight excluding hydrogens is 265 g/mol. The molecule has 0 radical (unpaired) electrons. The van der Waals surface area contributed by atoms with Gasteiger partial charge in [-0.05, 0) is 35.7 Å². The van der Waals surface area contributed by atoms with E-state index in [4.69, 9.17) is 23.2 Å². The second-order valence-corrected chi connectivity index (χ2v) is 5.11. The number of para-hydroxylation sites is 1. The second kappa shape index (κ2) is 4.83. The summed E-state index contributed by atoms with van der Waals surface area (Å²) in [6.45, 7) is 1.01. The molecule has 92 valence electrons. The van der Waals surface area contributed by atoms with Gasteiger partial charge in [-0.1, -0.05) is 35.9 Å². The highest BCUT2D eigenvalue weighted by atomic mass is 35.5. The van der Waals surface area contributed by atoms with Crippen LogP contribution in [0.3, 0.4) is 0 Å². The zero-order valence-corrected chi connectivity index (χ0v) is 11.4. The number of halogens is 2. The minimum atomic E-state index is 0.454. The van der Waals surface area contributed by atoms with Crippen LogP contribution in [0.25, 0.3) is 0 Å². The number of anilines is 2. The van der Waals surface area contributed by atoms with Crippen LogP contribution >= 0.6 is 23.2 Å². The molecule has 18 heavy (non-hydrogen) atoms. The van der Waals surface area contributed by atoms with Crippen molar-refractivity contribution in [1.29, 1.82) is 0 Å². The monoisotopic (exact) mass is 277 g/mol. The van der Waals surface area contributed by atoms with E-state index in [9.17, 15) is 0 Å². The van der Waals surface area contributed by atoms with Crippen LogP contribution in [0, 0.1) is 0 Å². The van der Waals surface area contributed by atoms with Crippen molar-refractivity contribution in [1.82, 2.24) is 0 Å². The number of hydrogen-bond acceptors (Lipinski definition) is 1. The predicted molar refractivity (Wildman–Crippen MR) is 78.2 cm³/mol. The lowest BCUT2D eigenvalue weighted by molar-refractivity contribution is 0.998. The fraction of sp³-hybridized carbons (Fsp3) is 0.200. The van der Waals surface area contributed by atoms with Crippen molar-refractivity contribution < 1.29 is 0 Å². The lowest BCUT2D eigenvalue weighted by Crippen LogP contribution is -2.13. The summed E-state index contributed by atoms with van der Waals surface area (Å²) in [5.41, 5.74) is 4.80.